The predicted octanol–water partition coefficient (Wildman–Crippen LogP) is -3.55. The Kier molecular flexibility index (Phi) is 9.23. The third kappa shape index (κ3) is 7.40. The van der Waals surface area contributed by atoms with Crippen molar-refractivity contribution in [1.29, 1.82) is 0 Å². The highest BCUT2D eigenvalue weighted by Crippen LogP contribution is 1.52. The number of carbonyl (C=O) groups is 1. The fourth-order valence-corrected chi connectivity index (χ4v) is 0.283. The van der Waals surface area contributed by atoms with E-state index in [1.165, 1.54) is 11.4 Å². The summed E-state index contributed by atoms with van der Waals surface area (Å²) in [6, 6.07) is 0. The Hall–Kier alpha value is -0.600. The molecule has 0 aliphatic carbocycles. The minimum absolute atomic E-state index is 0. The van der Waals surface area contributed by atoms with E-state index >= 15 is 0 Å². The Labute approximate surface area is 61.0 Å². The molecule has 1 amide bonds. The number of quaternary nitrogens is 1. The largest absolute Gasteiger partial charge is 1.00 e. The van der Waals surface area contributed by atoms with E-state index in [-0.39, 0.29) is 18.3 Å². The van der Waals surface area contributed by atoms with Crippen LogP contribution in [0.3, 0.4) is 0 Å². The van der Waals surface area contributed by atoms with Gasteiger partial charge in [-0.25, -0.2) is 4.79 Å². The zero-order valence-electron chi connectivity index (χ0n) is 5.14. The van der Waals surface area contributed by atoms with Crippen LogP contribution in [0, 0.1) is 0 Å². The van der Waals surface area contributed by atoms with Crippen LogP contribution in [0.2, 0.25) is 0 Å². The van der Waals surface area contributed by atoms with Crippen LogP contribution in [0.15, 0.2) is 25.3 Å². The number of nitrogens with two attached hydrogens (primary N) is 1. The average Bonchev–Trinajstić information content (AvgIpc) is 1.83. The molecular weight excluding hydrogens is 138 g/mol. The van der Waals surface area contributed by atoms with Crippen molar-refractivity contribution in [3.63, 3.8) is 0 Å². The highest BCUT2D eigenvalue weighted by molar-refractivity contribution is 5.77. The van der Waals surface area contributed by atoms with Crippen molar-refractivity contribution < 1.29 is 22.5 Å². The normalized spacial score (nSPS) is 7.11. The van der Waals surface area contributed by atoms with Gasteiger partial charge in [-0.05, 0) is 6.08 Å². The lowest BCUT2D eigenvalue weighted by Crippen LogP contribution is -3.00. The van der Waals surface area contributed by atoms with Gasteiger partial charge < -0.3 is 12.4 Å². The van der Waals surface area contributed by atoms with Gasteiger partial charge in [0.15, 0.2) is 0 Å². The topological polar surface area (TPSA) is 33.7 Å². The number of carbonyl (C=O) groups excluding carboxylic acids is 1. The number of rotatable bonds is 3. The first-order valence-electron chi connectivity index (χ1n) is 2.41. The van der Waals surface area contributed by atoms with Crippen LogP contribution < -0.4 is 17.7 Å². The number of hydrogen-bond donors (Lipinski definition) is 1. The summed E-state index contributed by atoms with van der Waals surface area (Å²) in [6.07, 6.45) is 2.95. The molecule has 0 aliphatic rings. The van der Waals surface area contributed by atoms with Gasteiger partial charge in [-0.15, -0.1) is 0 Å². The molecule has 0 unspecified atom stereocenters. The van der Waals surface area contributed by atoms with Gasteiger partial charge in [-0.2, -0.15) is 0 Å². The fourth-order valence-electron chi connectivity index (χ4n) is 0.283. The molecule has 0 fully saturated rings. The third-order valence-electron chi connectivity index (χ3n) is 0.687. The minimum atomic E-state index is -0.0371. The molecule has 0 heterocycles. The van der Waals surface area contributed by atoms with E-state index in [1.807, 2.05) is 0 Å². The Balaban J connectivity index is 0. The molecule has 0 rings (SSSR count). The number of hydrogen-bond acceptors (Lipinski definition) is 1. The SMILES string of the molecule is C=CC[NH2+]C(=O)C=C.[Cl-]. The first kappa shape index (κ1) is 11.2. The van der Waals surface area contributed by atoms with Gasteiger partial charge in [0, 0.05) is 6.08 Å². The summed E-state index contributed by atoms with van der Waals surface area (Å²) in [5.74, 6) is -0.0371. The van der Waals surface area contributed by atoms with Crippen molar-refractivity contribution in [1.82, 2.24) is 0 Å². The van der Waals surface area contributed by atoms with E-state index < -0.39 is 0 Å². The van der Waals surface area contributed by atoms with Crippen molar-refractivity contribution in [2.45, 2.75) is 0 Å². The van der Waals surface area contributed by atoms with E-state index in [1.54, 1.807) is 6.08 Å². The molecule has 0 aromatic carbocycles. The summed E-state index contributed by atoms with van der Waals surface area (Å²) in [4.78, 5) is 10.3. The van der Waals surface area contributed by atoms with Crippen molar-refractivity contribution in [2.75, 3.05) is 6.54 Å². The second-order valence-electron chi connectivity index (χ2n) is 1.33. The first-order valence-corrected chi connectivity index (χ1v) is 2.41. The van der Waals surface area contributed by atoms with E-state index in [2.05, 4.69) is 13.2 Å². The second kappa shape index (κ2) is 7.40. The summed E-state index contributed by atoms with van der Waals surface area (Å²) < 4.78 is 0. The monoisotopic (exact) mass is 147 g/mol. The maximum absolute atomic E-state index is 10.3. The molecule has 0 radical (unpaired) electrons. The van der Waals surface area contributed by atoms with Crippen LogP contribution in [0.4, 0.5) is 0 Å². The smallest absolute Gasteiger partial charge is 0.335 e. The average molecular weight is 148 g/mol. The maximum Gasteiger partial charge on any atom is 0.335 e. The number of amides is 1. The van der Waals surface area contributed by atoms with Crippen LogP contribution in [0.1, 0.15) is 0 Å². The lowest BCUT2D eigenvalue weighted by atomic mass is 10.5. The van der Waals surface area contributed by atoms with Gasteiger partial charge in [0.1, 0.15) is 6.54 Å². The van der Waals surface area contributed by atoms with Gasteiger partial charge >= 0.3 is 5.91 Å². The van der Waals surface area contributed by atoms with Crippen LogP contribution in [0.5, 0.6) is 0 Å². The molecule has 0 bridgehead atoms. The summed E-state index contributed by atoms with van der Waals surface area (Å²) in [6.45, 7) is 7.38. The highest BCUT2D eigenvalue weighted by Gasteiger charge is 1.92. The second-order valence-corrected chi connectivity index (χ2v) is 1.33. The molecule has 52 valence electrons. The molecule has 0 spiro atoms. The van der Waals surface area contributed by atoms with Crippen molar-refractivity contribution in [2.24, 2.45) is 0 Å². The molecule has 0 aromatic heterocycles. The van der Waals surface area contributed by atoms with Crippen LogP contribution in [0.25, 0.3) is 0 Å². The molecule has 0 saturated heterocycles. The maximum atomic E-state index is 10.3. The van der Waals surface area contributed by atoms with Crippen LogP contribution >= 0.6 is 0 Å². The Morgan fingerprint density at radius 1 is 1.56 bits per heavy atom. The first-order chi connectivity index (χ1) is 3.81. The molecule has 9 heavy (non-hydrogen) atoms. The summed E-state index contributed by atoms with van der Waals surface area (Å²) in [5, 5.41) is 1.53. The lowest BCUT2D eigenvalue weighted by molar-refractivity contribution is -0.554. The quantitative estimate of drug-likeness (QED) is 0.326. The zero-order valence-corrected chi connectivity index (χ0v) is 5.90. The van der Waals surface area contributed by atoms with Gasteiger partial charge in [-0.3, -0.25) is 5.32 Å². The Morgan fingerprint density at radius 3 is 2.44 bits per heavy atom. The van der Waals surface area contributed by atoms with Gasteiger partial charge in [0.2, 0.25) is 0 Å². The highest BCUT2D eigenvalue weighted by atomic mass is 35.5. The van der Waals surface area contributed by atoms with E-state index in [4.69, 9.17) is 0 Å². The summed E-state index contributed by atoms with van der Waals surface area (Å²) >= 11 is 0. The molecule has 3 heteroatoms. The molecule has 0 saturated carbocycles. The summed E-state index contributed by atoms with van der Waals surface area (Å²) in [5.41, 5.74) is 0. The molecule has 2 nitrogen and oxygen atoms in total. The lowest BCUT2D eigenvalue weighted by Gasteiger charge is -1.85. The standard InChI is InChI=1S/C6H9NO.ClH/c1-3-5-7-6(8)4-2;/h3-4H,1-2,5H2,(H,7,8);1H. The zero-order chi connectivity index (χ0) is 6.41. The number of primary amides is 1. The van der Waals surface area contributed by atoms with Crippen molar-refractivity contribution in [3.8, 4) is 0 Å². The Morgan fingerprint density at radius 2 is 2.11 bits per heavy atom. The van der Waals surface area contributed by atoms with E-state index in [9.17, 15) is 4.79 Å². The minimum Gasteiger partial charge on any atom is -1.00 e. The van der Waals surface area contributed by atoms with Crippen molar-refractivity contribution in [3.05, 3.63) is 25.3 Å². The van der Waals surface area contributed by atoms with Crippen LogP contribution in [-0.4, -0.2) is 12.5 Å². The van der Waals surface area contributed by atoms with E-state index in [0.29, 0.717) is 6.54 Å². The van der Waals surface area contributed by atoms with Gasteiger partial charge in [0.25, 0.3) is 0 Å². The molecule has 0 aromatic rings. The molecular formula is C6H10ClNO. The van der Waals surface area contributed by atoms with Gasteiger partial charge in [-0.1, -0.05) is 13.2 Å². The molecule has 0 atom stereocenters. The molecule has 0 aliphatic heterocycles. The predicted molar refractivity (Wildman–Crippen MR) is 32.2 cm³/mol. The van der Waals surface area contributed by atoms with Crippen molar-refractivity contribution >= 4 is 5.91 Å². The number of halogens is 1. The van der Waals surface area contributed by atoms with Crippen LogP contribution in [-0.2, 0) is 4.79 Å². The van der Waals surface area contributed by atoms with E-state index in [0.717, 1.165) is 0 Å². The fraction of sp³-hybridized carbons (Fsp3) is 0.167. The molecule has 2 N–H and O–H groups in total. The summed E-state index contributed by atoms with van der Waals surface area (Å²) in [7, 11) is 0. The third-order valence-corrected chi connectivity index (χ3v) is 0.687. The van der Waals surface area contributed by atoms with Gasteiger partial charge in [0.05, 0.1) is 0 Å². The Bertz CT molecular complexity index is 112.